The van der Waals surface area contributed by atoms with E-state index in [-0.39, 0.29) is 29.8 Å². The first-order valence-electron chi connectivity index (χ1n) is 7.21. The molecule has 0 aromatic heterocycles. The molecule has 124 valence electrons. The molecule has 0 aliphatic rings. The Balaban J connectivity index is 5.18. The van der Waals surface area contributed by atoms with Crippen LogP contribution in [0.2, 0.25) is 0 Å². The van der Waals surface area contributed by atoms with E-state index in [9.17, 15) is 9.81 Å². The van der Waals surface area contributed by atoms with Gasteiger partial charge >= 0.3 is 0 Å². The van der Waals surface area contributed by atoms with E-state index in [0.717, 1.165) is 0 Å². The van der Waals surface area contributed by atoms with E-state index >= 15 is 0 Å². The molecule has 0 amide bonds. The molecule has 0 spiro atoms. The molecule has 6 heteroatoms. The summed E-state index contributed by atoms with van der Waals surface area (Å²) in [7, 11) is 0. The van der Waals surface area contributed by atoms with Crippen LogP contribution in [0.3, 0.4) is 0 Å². The minimum atomic E-state index is -0.496. The second kappa shape index (κ2) is 9.87. The van der Waals surface area contributed by atoms with Crippen LogP contribution in [0, 0.1) is 33.0 Å². The molecule has 0 N–H and O–H groups in total. The summed E-state index contributed by atoms with van der Waals surface area (Å²) in [5, 5.41) is 4.96. The van der Waals surface area contributed by atoms with Crippen LogP contribution < -0.4 is 0 Å². The number of hydrogen-bond acceptors (Lipinski definition) is 6. The molecule has 0 aromatic carbocycles. The van der Waals surface area contributed by atoms with Crippen LogP contribution in [-0.2, 0) is 9.68 Å². The van der Waals surface area contributed by atoms with Gasteiger partial charge in [0, 0.05) is 11.8 Å². The van der Waals surface area contributed by atoms with Crippen LogP contribution >= 0.6 is 0 Å². The molecule has 0 heterocycles. The zero-order valence-electron chi connectivity index (χ0n) is 13.8. The molecule has 0 radical (unpaired) electrons. The predicted molar refractivity (Wildman–Crippen MR) is 87.5 cm³/mol. The van der Waals surface area contributed by atoms with Crippen LogP contribution in [0.15, 0.2) is 48.1 Å². The monoisotopic (exact) mass is 310 g/mol. The highest BCUT2D eigenvalue weighted by Crippen LogP contribution is 2.31. The van der Waals surface area contributed by atoms with Crippen molar-refractivity contribution in [1.82, 2.24) is 0 Å². The fraction of sp³-hybridized carbons (Fsp3) is 0.625. The standard InChI is InChI=1S/C16H26N2O4/c1-7-13(11-21-17-19)16(5,6)10-9-15(22-18-20)14(8-2)12(3)4/h7-10,12-15H,1-2,11H2,3-6H3/b10-9+. The van der Waals surface area contributed by atoms with Crippen LogP contribution in [0.4, 0.5) is 0 Å². The summed E-state index contributed by atoms with van der Waals surface area (Å²) in [6, 6.07) is 0. The third-order valence-electron chi connectivity index (χ3n) is 3.85. The minimum Gasteiger partial charge on any atom is -0.363 e. The predicted octanol–water partition coefficient (Wildman–Crippen LogP) is 4.59. The van der Waals surface area contributed by atoms with Crippen LogP contribution in [0.5, 0.6) is 0 Å². The maximum absolute atomic E-state index is 10.5. The first kappa shape index (κ1) is 20.0. The van der Waals surface area contributed by atoms with Gasteiger partial charge in [0.25, 0.3) is 0 Å². The average Bonchev–Trinajstić information content (AvgIpc) is 2.45. The van der Waals surface area contributed by atoms with Gasteiger partial charge in [-0.05, 0) is 17.4 Å². The van der Waals surface area contributed by atoms with Gasteiger partial charge in [-0.1, -0.05) is 45.9 Å². The van der Waals surface area contributed by atoms with E-state index in [1.54, 1.807) is 18.2 Å². The molecule has 3 atom stereocenters. The zero-order valence-corrected chi connectivity index (χ0v) is 13.8. The number of rotatable bonds is 12. The Kier molecular flexibility index (Phi) is 8.98. The van der Waals surface area contributed by atoms with Crippen molar-refractivity contribution in [2.24, 2.45) is 33.8 Å². The molecule has 0 aliphatic carbocycles. The molecule has 0 saturated heterocycles. The molecule has 22 heavy (non-hydrogen) atoms. The van der Waals surface area contributed by atoms with Crippen molar-refractivity contribution in [3.05, 3.63) is 47.3 Å². The average molecular weight is 310 g/mol. The van der Waals surface area contributed by atoms with Gasteiger partial charge in [0.05, 0.1) is 0 Å². The Bertz CT molecular complexity index is 405. The van der Waals surface area contributed by atoms with Crippen molar-refractivity contribution in [3.8, 4) is 0 Å². The Hall–Kier alpha value is -1.98. The molecule has 0 aliphatic heterocycles. The van der Waals surface area contributed by atoms with E-state index in [1.807, 2.05) is 33.8 Å². The van der Waals surface area contributed by atoms with E-state index < -0.39 is 6.10 Å². The van der Waals surface area contributed by atoms with E-state index in [2.05, 4.69) is 28.7 Å². The minimum absolute atomic E-state index is 0.0418. The topological polar surface area (TPSA) is 77.3 Å². The molecule has 0 rings (SSSR count). The number of hydrogen-bond donors (Lipinski definition) is 0. The number of allylic oxidation sites excluding steroid dienone is 1. The van der Waals surface area contributed by atoms with Crippen molar-refractivity contribution < 1.29 is 9.68 Å². The molecule has 6 nitrogen and oxygen atoms in total. The van der Waals surface area contributed by atoms with Crippen molar-refractivity contribution >= 4 is 0 Å². The van der Waals surface area contributed by atoms with Crippen LogP contribution in [0.25, 0.3) is 0 Å². The van der Waals surface area contributed by atoms with Crippen LogP contribution in [0.1, 0.15) is 27.7 Å². The van der Waals surface area contributed by atoms with Gasteiger partial charge < -0.3 is 9.68 Å². The van der Waals surface area contributed by atoms with E-state index in [1.165, 1.54) is 0 Å². The summed E-state index contributed by atoms with van der Waals surface area (Å²) in [4.78, 5) is 30.1. The molecular formula is C16H26N2O4. The summed E-state index contributed by atoms with van der Waals surface area (Å²) >= 11 is 0. The lowest BCUT2D eigenvalue weighted by molar-refractivity contribution is 0.0454. The second-order valence-electron chi connectivity index (χ2n) is 6.09. The van der Waals surface area contributed by atoms with Crippen molar-refractivity contribution in [3.63, 3.8) is 0 Å². The van der Waals surface area contributed by atoms with Gasteiger partial charge in [0.1, 0.15) is 6.61 Å². The largest absolute Gasteiger partial charge is 0.363 e. The normalized spacial score (nSPS) is 15.9. The molecule has 0 bridgehead atoms. The second-order valence-corrected chi connectivity index (χ2v) is 6.09. The summed E-state index contributed by atoms with van der Waals surface area (Å²) in [6.45, 7) is 15.6. The lowest BCUT2D eigenvalue weighted by Crippen LogP contribution is -2.27. The smallest absolute Gasteiger partial charge is 0.155 e. The van der Waals surface area contributed by atoms with Gasteiger partial charge in [-0.2, -0.15) is 0 Å². The van der Waals surface area contributed by atoms with Crippen molar-refractivity contribution in [2.75, 3.05) is 6.61 Å². The summed E-state index contributed by atoms with van der Waals surface area (Å²) in [5.41, 5.74) is -0.361. The van der Waals surface area contributed by atoms with E-state index in [4.69, 9.17) is 4.84 Å². The molecule has 3 unspecified atom stereocenters. The highest BCUT2D eigenvalue weighted by Gasteiger charge is 2.28. The van der Waals surface area contributed by atoms with Gasteiger partial charge in [-0.15, -0.1) is 23.0 Å². The third-order valence-corrected chi connectivity index (χ3v) is 3.85. The first-order valence-corrected chi connectivity index (χ1v) is 7.21. The van der Waals surface area contributed by atoms with Crippen molar-refractivity contribution in [2.45, 2.75) is 33.8 Å². The zero-order chi connectivity index (χ0) is 17.2. The fourth-order valence-electron chi connectivity index (χ4n) is 2.23. The molecule has 0 aromatic rings. The van der Waals surface area contributed by atoms with Crippen LogP contribution in [-0.4, -0.2) is 12.7 Å². The Labute approximate surface area is 132 Å². The van der Waals surface area contributed by atoms with Gasteiger partial charge in [-0.25, -0.2) is 0 Å². The maximum atomic E-state index is 10.5. The summed E-state index contributed by atoms with van der Waals surface area (Å²) in [5.74, 6) is 0.0853. The lowest BCUT2D eigenvalue weighted by atomic mass is 9.78. The Morgan fingerprint density at radius 2 is 1.77 bits per heavy atom. The summed E-state index contributed by atoms with van der Waals surface area (Å²) < 4.78 is 0. The Morgan fingerprint density at radius 1 is 1.14 bits per heavy atom. The molecular weight excluding hydrogens is 284 g/mol. The third kappa shape index (κ3) is 6.20. The SMILES string of the molecule is C=CC(C(C)C)C(/C=C/C(C)(C)C(C=C)CON=O)ON=O. The van der Waals surface area contributed by atoms with Gasteiger partial charge in [0.2, 0.25) is 0 Å². The fourth-order valence-corrected chi connectivity index (χ4v) is 2.23. The first-order chi connectivity index (χ1) is 10.3. The quantitative estimate of drug-likeness (QED) is 0.300. The number of nitrogens with zero attached hydrogens (tertiary/aromatic N) is 2. The summed E-state index contributed by atoms with van der Waals surface area (Å²) in [6.07, 6.45) is 6.66. The maximum Gasteiger partial charge on any atom is 0.155 e. The Morgan fingerprint density at radius 3 is 2.18 bits per heavy atom. The van der Waals surface area contributed by atoms with Gasteiger partial charge in [-0.3, -0.25) is 0 Å². The highest BCUT2D eigenvalue weighted by molar-refractivity contribution is 5.08. The van der Waals surface area contributed by atoms with Gasteiger partial charge in [0.15, 0.2) is 16.8 Å². The molecule has 0 fully saturated rings. The lowest BCUT2D eigenvalue weighted by Gasteiger charge is -2.29. The highest BCUT2D eigenvalue weighted by atomic mass is 16.7. The van der Waals surface area contributed by atoms with Crippen molar-refractivity contribution in [1.29, 1.82) is 0 Å². The molecule has 0 saturated carbocycles. The van der Waals surface area contributed by atoms with E-state index in [0.29, 0.717) is 0 Å².